The molecule has 1 saturated heterocycles. The van der Waals surface area contributed by atoms with Crippen LogP contribution in [0.5, 0.6) is 5.75 Å². The molecule has 2 atom stereocenters. The molecule has 9 heteroatoms. The number of hydrogen-bond donors (Lipinski definition) is 3. The number of urea groups is 1. The third-order valence-electron chi connectivity index (χ3n) is 6.44. The van der Waals surface area contributed by atoms with Crippen LogP contribution in [-0.4, -0.2) is 68.3 Å². The maximum Gasteiger partial charge on any atom is 0.319 e. The van der Waals surface area contributed by atoms with Gasteiger partial charge in [0, 0.05) is 45.0 Å². The zero-order chi connectivity index (χ0) is 25.7. The number of likely N-dealkylation sites (tertiary alicyclic amines) is 1. The Balaban J connectivity index is 1.52. The van der Waals surface area contributed by atoms with Gasteiger partial charge in [-0.15, -0.1) is 0 Å². The number of fused-ring (bicyclic) bond motifs is 1. The summed E-state index contributed by atoms with van der Waals surface area (Å²) in [6, 6.07) is 15.4. The van der Waals surface area contributed by atoms with Crippen molar-refractivity contribution in [2.45, 2.75) is 25.8 Å². The number of hydrogen-bond acceptors (Lipinski definition) is 6. The molecule has 3 amide bonds. The van der Waals surface area contributed by atoms with Crippen molar-refractivity contribution in [1.82, 2.24) is 15.2 Å². The number of pyridine rings is 1. The minimum absolute atomic E-state index is 0.0433. The van der Waals surface area contributed by atoms with Gasteiger partial charge in [0.2, 0.25) is 5.91 Å². The molecule has 2 aromatic carbocycles. The van der Waals surface area contributed by atoms with E-state index >= 15 is 0 Å². The molecule has 2 heterocycles. The monoisotopic (exact) mass is 491 g/mol. The number of carbonyl (C=O) groups excluding carboxylic acids is 2. The van der Waals surface area contributed by atoms with Crippen LogP contribution in [0.15, 0.2) is 48.5 Å². The summed E-state index contributed by atoms with van der Waals surface area (Å²) in [6.45, 7) is 6.34. The topological polar surface area (TPSA) is 105 Å². The van der Waals surface area contributed by atoms with Crippen LogP contribution in [0.3, 0.4) is 0 Å². The fourth-order valence-corrected chi connectivity index (χ4v) is 4.68. The Morgan fingerprint density at radius 3 is 2.53 bits per heavy atom. The van der Waals surface area contributed by atoms with Gasteiger partial charge in [-0.1, -0.05) is 30.3 Å². The van der Waals surface area contributed by atoms with E-state index in [1.165, 1.54) is 12.5 Å². The van der Waals surface area contributed by atoms with Crippen molar-refractivity contribution in [3.63, 3.8) is 0 Å². The first-order valence-electron chi connectivity index (χ1n) is 12.0. The average molecular weight is 492 g/mol. The molecule has 3 aromatic rings. The van der Waals surface area contributed by atoms with Gasteiger partial charge < -0.3 is 25.4 Å². The second-order valence-electron chi connectivity index (χ2n) is 9.02. The number of carbonyl (C=O) groups is 2. The fraction of sp³-hybridized carbons (Fsp3) is 0.370. The van der Waals surface area contributed by atoms with E-state index in [0.29, 0.717) is 34.9 Å². The van der Waals surface area contributed by atoms with Gasteiger partial charge in [0.25, 0.3) is 0 Å². The molecule has 0 unspecified atom stereocenters. The summed E-state index contributed by atoms with van der Waals surface area (Å²) in [7, 11) is 3.24. The Morgan fingerprint density at radius 1 is 1.06 bits per heavy atom. The molecular formula is C27H33N5O4. The zero-order valence-corrected chi connectivity index (χ0v) is 21.1. The molecule has 1 aliphatic rings. The van der Waals surface area contributed by atoms with Gasteiger partial charge in [0.15, 0.2) is 0 Å². The first-order valence-corrected chi connectivity index (χ1v) is 12.0. The van der Waals surface area contributed by atoms with Crippen LogP contribution < -0.4 is 20.7 Å². The molecule has 4 rings (SSSR count). The van der Waals surface area contributed by atoms with E-state index in [2.05, 4.69) is 38.0 Å². The van der Waals surface area contributed by atoms with Crippen molar-refractivity contribution >= 4 is 34.2 Å². The predicted molar refractivity (Wildman–Crippen MR) is 141 cm³/mol. The molecule has 1 fully saturated rings. The van der Waals surface area contributed by atoms with Crippen LogP contribution in [0, 0.1) is 6.92 Å². The molecular weight excluding hydrogens is 458 g/mol. The number of nitrogens with one attached hydrogen (secondary N) is 3. The number of aromatic nitrogens is 1. The lowest BCUT2D eigenvalue weighted by Crippen LogP contribution is -2.42. The van der Waals surface area contributed by atoms with Crippen molar-refractivity contribution in [2.75, 3.05) is 51.1 Å². The largest absolute Gasteiger partial charge is 0.495 e. The van der Waals surface area contributed by atoms with Crippen LogP contribution in [0.25, 0.3) is 10.9 Å². The quantitative estimate of drug-likeness (QED) is 0.443. The van der Waals surface area contributed by atoms with Gasteiger partial charge in [0.05, 0.1) is 42.3 Å². The Labute approximate surface area is 211 Å². The lowest BCUT2D eigenvalue weighted by Gasteiger charge is -2.21. The number of anilines is 2. The summed E-state index contributed by atoms with van der Waals surface area (Å²) in [6.07, 6.45) is 0. The summed E-state index contributed by atoms with van der Waals surface area (Å²) in [5, 5.41) is 9.70. The van der Waals surface area contributed by atoms with Crippen LogP contribution in [0.4, 0.5) is 16.2 Å². The highest BCUT2D eigenvalue weighted by Crippen LogP contribution is 2.32. The first kappa shape index (κ1) is 25.4. The van der Waals surface area contributed by atoms with Crippen LogP contribution in [0.2, 0.25) is 0 Å². The van der Waals surface area contributed by atoms with Crippen LogP contribution in [-0.2, 0) is 9.53 Å². The van der Waals surface area contributed by atoms with Gasteiger partial charge in [-0.25, -0.2) is 4.79 Å². The molecule has 9 nitrogen and oxygen atoms in total. The molecule has 1 aromatic heterocycles. The fourth-order valence-electron chi connectivity index (χ4n) is 4.68. The van der Waals surface area contributed by atoms with Gasteiger partial charge >= 0.3 is 6.03 Å². The normalized spacial score (nSPS) is 17.7. The number of aryl methyl sites for hydroxylation is 1. The highest BCUT2D eigenvalue weighted by molar-refractivity contribution is 5.97. The third kappa shape index (κ3) is 5.92. The van der Waals surface area contributed by atoms with Crippen molar-refractivity contribution in [3.8, 4) is 5.75 Å². The maximum atomic E-state index is 13.1. The summed E-state index contributed by atoms with van der Waals surface area (Å²) in [5.41, 5.74) is 3.73. The number of amides is 3. The van der Waals surface area contributed by atoms with E-state index in [-0.39, 0.29) is 23.9 Å². The number of benzene rings is 2. The molecule has 1 aliphatic heterocycles. The molecule has 3 N–H and O–H groups in total. The summed E-state index contributed by atoms with van der Waals surface area (Å²) in [4.78, 5) is 31.6. The van der Waals surface area contributed by atoms with Gasteiger partial charge in [-0.2, -0.15) is 0 Å². The van der Waals surface area contributed by atoms with E-state index < -0.39 is 0 Å². The number of methoxy groups -OCH3 is 2. The lowest BCUT2D eigenvalue weighted by molar-refractivity contribution is -0.114. The number of nitrogens with zero attached hydrogens (tertiary/aromatic N) is 2. The smallest absolute Gasteiger partial charge is 0.319 e. The SMILES string of the molecule is COCCN1C[C@@H](NC(=O)Nc2cc3cc(OC)c(NC(C)=O)cc3nc2C)[C@H](c2ccccc2)C1. The predicted octanol–water partition coefficient (Wildman–Crippen LogP) is 3.75. The van der Waals surface area contributed by atoms with Gasteiger partial charge in [-0.05, 0) is 30.7 Å². The number of rotatable bonds is 8. The highest BCUT2D eigenvalue weighted by Gasteiger charge is 2.34. The molecule has 0 bridgehead atoms. The average Bonchev–Trinajstić information content (AvgIpc) is 3.25. The summed E-state index contributed by atoms with van der Waals surface area (Å²) < 4.78 is 10.7. The molecule has 36 heavy (non-hydrogen) atoms. The second-order valence-corrected chi connectivity index (χ2v) is 9.02. The Bertz CT molecular complexity index is 1230. The molecule has 0 radical (unpaired) electrons. The van der Waals surface area contributed by atoms with E-state index in [0.717, 1.165) is 25.0 Å². The molecule has 0 spiro atoms. The number of ether oxygens (including phenoxy) is 2. The minimum Gasteiger partial charge on any atom is -0.495 e. The standard InChI is InChI=1S/C27H33N5O4/c1-17-22(12-20-13-26(36-4)24(29-18(2)33)14-23(20)28-17)30-27(34)31-25-16-32(10-11-35-3)15-21(25)19-8-6-5-7-9-19/h5-9,12-14,21,25H,10-11,15-16H2,1-4H3,(H,29,33)(H2,30,31,34)/t21-,25+/m0/s1. The minimum atomic E-state index is -0.277. The van der Waals surface area contributed by atoms with Crippen LogP contribution >= 0.6 is 0 Å². The maximum absolute atomic E-state index is 13.1. The Kier molecular flexibility index (Phi) is 8.02. The second kappa shape index (κ2) is 11.4. The third-order valence-corrected chi connectivity index (χ3v) is 6.44. The highest BCUT2D eigenvalue weighted by atomic mass is 16.5. The van der Waals surface area contributed by atoms with E-state index in [4.69, 9.17) is 9.47 Å². The first-order chi connectivity index (χ1) is 17.4. The van der Waals surface area contributed by atoms with Crippen molar-refractivity contribution in [1.29, 1.82) is 0 Å². The molecule has 0 saturated carbocycles. The van der Waals surface area contributed by atoms with Crippen molar-refractivity contribution < 1.29 is 19.1 Å². The zero-order valence-electron chi connectivity index (χ0n) is 21.1. The Morgan fingerprint density at radius 2 is 1.83 bits per heavy atom. The summed E-state index contributed by atoms with van der Waals surface area (Å²) >= 11 is 0. The summed E-state index contributed by atoms with van der Waals surface area (Å²) in [5.74, 6) is 0.508. The van der Waals surface area contributed by atoms with Crippen LogP contribution in [0.1, 0.15) is 24.1 Å². The van der Waals surface area contributed by atoms with E-state index in [9.17, 15) is 9.59 Å². The van der Waals surface area contributed by atoms with E-state index in [1.807, 2.05) is 31.2 Å². The Hall–Kier alpha value is -3.69. The molecule has 190 valence electrons. The van der Waals surface area contributed by atoms with Crippen molar-refractivity contribution in [3.05, 3.63) is 59.8 Å². The van der Waals surface area contributed by atoms with E-state index in [1.54, 1.807) is 26.4 Å². The van der Waals surface area contributed by atoms with Gasteiger partial charge in [0.1, 0.15) is 5.75 Å². The van der Waals surface area contributed by atoms with Crippen molar-refractivity contribution in [2.24, 2.45) is 0 Å². The lowest BCUT2D eigenvalue weighted by atomic mass is 9.94. The van der Waals surface area contributed by atoms with Gasteiger partial charge in [-0.3, -0.25) is 14.7 Å². The molecule has 0 aliphatic carbocycles.